The Balaban J connectivity index is 1.34. The molecule has 1 aromatic heterocycles. The molecule has 6 nitrogen and oxygen atoms in total. The van der Waals surface area contributed by atoms with Crippen LogP contribution in [0.4, 0.5) is 4.39 Å². The lowest BCUT2D eigenvalue weighted by Crippen LogP contribution is -2.49. The van der Waals surface area contributed by atoms with Crippen LogP contribution in [-0.2, 0) is 20.7 Å². The van der Waals surface area contributed by atoms with E-state index in [0.29, 0.717) is 17.5 Å². The highest BCUT2D eigenvalue weighted by atomic mass is 19.1. The number of hydrogen-bond acceptors (Lipinski definition) is 5. The summed E-state index contributed by atoms with van der Waals surface area (Å²) in [5, 5.41) is 0. The topological polar surface area (TPSA) is 54.9 Å². The molecule has 26 heavy (non-hydrogen) atoms. The number of pyridine rings is 1. The van der Waals surface area contributed by atoms with Crippen LogP contribution in [0.2, 0.25) is 0 Å². The van der Waals surface area contributed by atoms with Crippen LogP contribution in [0, 0.1) is 17.7 Å². The van der Waals surface area contributed by atoms with Gasteiger partial charge in [-0.15, -0.1) is 0 Å². The van der Waals surface area contributed by atoms with Gasteiger partial charge in [-0.1, -0.05) is 0 Å². The van der Waals surface area contributed by atoms with E-state index in [2.05, 4.69) is 9.88 Å². The van der Waals surface area contributed by atoms with Gasteiger partial charge in [0.1, 0.15) is 5.82 Å². The zero-order valence-corrected chi connectivity index (χ0v) is 15.0. The van der Waals surface area contributed by atoms with Crippen molar-refractivity contribution in [2.75, 3.05) is 52.5 Å². The molecule has 7 heteroatoms. The summed E-state index contributed by atoms with van der Waals surface area (Å²) in [7, 11) is 0. The number of rotatable bonds is 4. The van der Waals surface area contributed by atoms with Crippen LogP contribution in [0.3, 0.4) is 0 Å². The number of piperidine rings is 1. The number of likely N-dealkylation sites (tertiary alicyclic amines) is 1. The second kappa shape index (κ2) is 7.98. The van der Waals surface area contributed by atoms with Crippen molar-refractivity contribution in [1.82, 2.24) is 14.8 Å². The molecule has 3 aliphatic rings. The first-order valence-corrected chi connectivity index (χ1v) is 9.49. The lowest BCUT2D eigenvalue weighted by atomic mass is 9.84. The number of ether oxygens (including phenoxy) is 2. The van der Waals surface area contributed by atoms with Crippen LogP contribution in [0.25, 0.3) is 0 Å². The molecule has 0 unspecified atom stereocenters. The summed E-state index contributed by atoms with van der Waals surface area (Å²) >= 11 is 0. The third-order valence-corrected chi connectivity index (χ3v) is 5.82. The Hall–Kier alpha value is -1.57. The maximum atomic E-state index is 13.0. The largest absolute Gasteiger partial charge is 0.379 e. The van der Waals surface area contributed by atoms with E-state index in [9.17, 15) is 9.18 Å². The van der Waals surface area contributed by atoms with Crippen LogP contribution in [0.5, 0.6) is 0 Å². The third-order valence-electron chi connectivity index (χ3n) is 5.82. The molecule has 0 aromatic carbocycles. The average Bonchev–Trinajstić information content (AvgIpc) is 3.06. The lowest BCUT2D eigenvalue weighted by molar-refractivity contribution is -0.133. The Labute approximate surface area is 153 Å². The predicted octanol–water partition coefficient (Wildman–Crippen LogP) is 0.959. The quantitative estimate of drug-likeness (QED) is 0.798. The number of halogens is 1. The summed E-state index contributed by atoms with van der Waals surface area (Å²) in [6.45, 7) is 6.74. The van der Waals surface area contributed by atoms with Gasteiger partial charge in [-0.3, -0.25) is 14.7 Å². The van der Waals surface area contributed by atoms with Gasteiger partial charge in [0.05, 0.1) is 38.5 Å². The number of hydrogen-bond donors (Lipinski definition) is 0. The molecule has 1 amide bonds. The fourth-order valence-electron chi connectivity index (χ4n) is 4.26. The van der Waals surface area contributed by atoms with E-state index in [1.165, 1.54) is 6.07 Å². The number of carbonyl (C=O) groups excluding carboxylic acids is 1. The Morgan fingerprint density at radius 3 is 2.88 bits per heavy atom. The fourth-order valence-corrected chi connectivity index (χ4v) is 4.26. The normalized spacial score (nSPS) is 29.6. The van der Waals surface area contributed by atoms with Crippen molar-refractivity contribution in [1.29, 1.82) is 0 Å². The van der Waals surface area contributed by atoms with Gasteiger partial charge in [0, 0.05) is 44.3 Å². The van der Waals surface area contributed by atoms with Gasteiger partial charge >= 0.3 is 0 Å². The Morgan fingerprint density at radius 1 is 1.27 bits per heavy atom. The Bertz CT molecular complexity index is 621. The predicted molar refractivity (Wildman–Crippen MR) is 93.1 cm³/mol. The van der Waals surface area contributed by atoms with Gasteiger partial charge in [0.25, 0.3) is 0 Å². The standard InChI is InChI=1S/C19H26FN3O3/c20-15-1-2-16(21-10-15)9-19(24)23-4-3-14-13-26-18(17(14)11-23)12-22-5-7-25-8-6-22/h1-2,10,14,17-18H,3-9,11-13H2/t14-,17-,18+/m0/s1. The number of aromatic nitrogens is 1. The molecule has 142 valence electrons. The number of amides is 1. The van der Waals surface area contributed by atoms with Gasteiger partial charge in [0.2, 0.25) is 5.91 Å². The molecule has 3 saturated heterocycles. The van der Waals surface area contributed by atoms with Crippen molar-refractivity contribution in [2.45, 2.75) is 18.9 Å². The van der Waals surface area contributed by atoms with Gasteiger partial charge in [-0.25, -0.2) is 4.39 Å². The van der Waals surface area contributed by atoms with Crippen molar-refractivity contribution in [3.05, 3.63) is 29.8 Å². The minimum Gasteiger partial charge on any atom is -0.379 e. The summed E-state index contributed by atoms with van der Waals surface area (Å²) in [4.78, 5) is 21.0. The number of carbonyl (C=O) groups is 1. The van der Waals surface area contributed by atoms with Crippen molar-refractivity contribution in [2.24, 2.45) is 11.8 Å². The highest BCUT2D eigenvalue weighted by Gasteiger charge is 2.42. The fraction of sp³-hybridized carbons (Fsp3) is 0.684. The monoisotopic (exact) mass is 363 g/mol. The molecule has 0 radical (unpaired) electrons. The molecule has 0 aliphatic carbocycles. The van der Waals surface area contributed by atoms with Crippen molar-refractivity contribution >= 4 is 5.91 Å². The van der Waals surface area contributed by atoms with Crippen molar-refractivity contribution in [3.63, 3.8) is 0 Å². The van der Waals surface area contributed by atoms with Crippen LogP contribution in [0.15, 0.2) is 18.3 Å². The minimum absolute atomic E-state index is 0.0691. The molecular formula is C19H26FN3O3. The van der Waals surface area contributed by atoms with Crippen LogP contribution >= 0.6 is 0 Å². The van der Waals surface area contributed by atoms with E-state index < -0.39 is 0 Å². The van der Waals surface area contributed by atoms with Crippen molar-refractivity contribution in [3.8, 4) is 0 Å². The molecule has 0 N–H and O–H groups in total. The molecule has 0 bridgehead atoms. The molecule has 3 aliphatic heterocycles. The lowest BCUT2D eigenvalue weighted by Gasteiger charge is -2.37. The first-order valence-electron chi connectivity index (χ1n) is 9.49. The number of nitrogens with zero attached hydrogens (tertiary/aromatic N) is 3. The molecular weight excluding hydrogens is 337 g/mol. The van der Waals surface area contributed by atoms with Crippen molar-refractivity contribution < 1.29 is 18.7 Å². The zero-order valence-electron chi connectivity index (χ0n) is 15.0. The summed E-state index contributed by atoms with van der Waals surface area (Å²) in [5.41, 5.74) is 0.617. The van der Waals surface area contributed by atoms with Gasteiger partial charge < -0.3 is 14.4 Å². The Morgan fingerprint density at radius 2 is 2.12 bits per heavy atom. The molecule has 0 spiro atoms. The summed E-state index contributed by atoms with van der Waals surface area (Å²) in [5.74, 6) is 0.640. The Kier molecular flexibility index (Phi) is 5.47. The number of morpholine rings is 1. The van der Waals surface area contributed by atoms with E-state index in [1.807, 2.05) is 4.90 Å². The second-order valence-corrected chi connectivity index (χ2v) is 7.48. The first kappa shape index (κ1) is 17.8. The highest BCUT2D eigenvalue weighted by molar-refractivity contribution is 5.78. The summed E-state index contributed by atoms with van der Waals surface area (Å²) < 4.78 is 24.5. The van der Waals surface area contributed by atoms with Crippen LogP contribution in [-0.4, -0.2) is 79.3 Å². The van der Waals surface area contributed by atoms with E-state index in [1.54, 1.807) is 6.07 Å². The van der Waals surface area contributed by atoms with Gasteiger partial charge in [-0.2, -0.15) is 0 Å². The molecule has 1 aromatic rings. The summed E-state index contributed by atoms with van der Waals surface area (Å²) in [6.07, 6.45) is 2.58. The van der Waals surface area contributed by atoms with Crippen LogP contribution < -0.4 is 0 Å². The minimum atomic E-state index is -0.379. The molecule has 4 heterocycles. The zero-order chi connectivity index (χ0) is 17.9. The molecule has 3 fully saturated rings. The first-order chi connectivity index (χ1) is 12.7. The third kappa shape index (κ3) is 4.05. The highest BCUT2D eigenvalue weighted by Crippen LogP contribution is 2.34. The van der Waals surface area contributed by atoms with Gasteiger partial charge in [0.15, 0.2) is 0 Å². The maximum Gasteiger partial charge on any atom is 0.228 e. The maximum absolute atomic E-state index is 13.0. The second-order valence-electron chi connectivity index (χ2n) is 7.48. The number of fused-ring (bicyclic) bond motifs is 1. The van der Waals surface area contributed by atoms with E-state index in [-0.39, 0.29) is 24.2 Å². The van der Waals surface area contributed by atoms with Crippen LogP contribution in [0.1, 0.15) is 12.1 Å². The average molecular weight is 363 g/mol. The SMILES string of the molecule is O=C(Cc1ccc(F)cn1)N1CC[C@H]2CO[C@H](CN3CCOCC3)[C@H]2C1. The van der Waals surface area contributed by atoms with Gasteiger partial charge in [-0.05, 0) is 24.5 Å². The smallest absolute Gasteiger partial charge is 0.228 e. The van der Waals surface area contributed by atoms with E-state index >= 15 is 0 Å². The molecule has 3 atom stereocenters. The summed E-state index contributed by atoms with van der Waals surface area (Å²) in [6, 6.07) is 2.94. The molecule has 4 rings (SSSR count). The molecule has 0 saturated carbocycles. The van der Waals surface area contributed by atoms with E-state index in [0.717, 1.165) is 65.2 Å². The van der Waals surface area contributed by atoms with E-state index in [4.69, 9.17) is 9.47 Å².